The number of nitrogens with one attached hydrogen (secondary N) is 1. The molecule has 136 valence electrons. The molecule has 0 spiro atoms. The number of carbonyl (C=O) groups excluding carboxylic acids is 1. The van der Waals surface area contributed by atoms with Crippen LogP contribution in [0.15, 0.2) is 66.0 Å². The highest BCUT2D eigenvalue weighted by Gasteiger charge is 2.27. The fourth-order valence-electron chi connectivity index (χ4n) is 3.08. The lowest BCUT2D eigenvalue weighted by Crippen LogP contribution is -2.22. The number of hydrogen-bond acceptors (Lipinski definition) is 3. The van der Waals surface area contributed by atoms with E-state index in [1.165, 1.54) is 11.3 Å². The molecule has 2 aromatic carbocycles. The SMILES string of the molecule is CC(C)(C)c1csc(NC(=O)C(c2ccccc2)c2ccccc2)c1C#N. The zero-order valence-electron chi connectivity index (χ0n) is 15.7. The predicted molar refractivity (Wildman–Crippen MR) is 111 cm³/mol. The topological polar surface area (TPSA) is 52.9 Å². The molecule has 0 unspecified atom stereocenters. The van der Waals surface area contributed by atoms with E-state index in [9.17, 15) is 10.1 Å². The molecule has 1 aromatic heterocycles. The van der Waals surface area contributed by atoms with E-state index in [4.69, 9.17) is 0 Å². The maximum atomic E-state index is 13.2. The van der Waals surface area contributed by atoms with Crippen molar-refractivity contribution >= 4 is 22.2 Å². The van der Waals surface area contributed by atoms with Crippen molar-refractivity contribution in [2.75, 3.05) is 5.32 Å². The van der Waals surface area contributed by atoms with Crippen molar-refractivity contribution in [2.45, 2.75) is 32.1 Å². The Labute approximate surface area is 164 Å². The summed E-state index contributed by atoms with van der Waals surface area (Å²) in [5, 5.41) is 15.2. The second kappa shape index (κ2) is 7.77. The first-order chi connectivity index (χ1) is 12.9. The molecule has 3 aromatic rings. The molecule has 0 aliphatic rings. The van der Waals surface area contributed by atoms with Crippen LogP contribution in [0.3, 0.4) is 0 Å². The van der Waals surface area contributed by atoms with Crippen LogP contribution in [0.1, 0.15) is 48.9 Å². The van der Waals surface area contributed by atoms with Crippen molar-refractivity contribution in [3.8, 4) is 6.07 Å². The van der Waals surface area contributed by atoms with Crippen molar-refractivity contribution in [3.63, 3.8) is 0 Å². The summed E-state index contributed by atoms with van der Waals surface area (Å²) in [5.74, 6) is -0.565. The highest BCUT2D eigenvalue weighted by Crippen LogP contribution is 2.36. The monoisotopic (exact) mass is 374 g/mol. The Balaban J connectivity index is 1.98. The van der Waals surface area contributed by atoms with Crippen LogP contribution in [0.5, 0.6) is 0 Å². The van der Waals surface area contributed by atoms with Crippen molar-refractivity contribution < 1.29 is 4.79 Å². The van der Waals surface area contributed by atoms with Gasteiger partial charge in [0.2, 0.25) is 5.91 Å². The number of amides is 1. The molecule has 0 fully saturated rings. The normalized spacial score (nSPS) is 11.2. The first kappa shape index (κ1) is 18.9. The van der Waals surface area contributed by atoms with Crippen LogP contribution in [-0.2, 0) is 10.2 Å². The van der Waals surface area contributed by atoms with Crippen LogP contribution in [-0.4, -0.2) is 5.91 Å². The predicted octanol–water partition coefficient (Wildman–Crippen LogP) is 5.69. The van der Waals surface area contributed by atoms with Crippen LogP contribution in [0.25, 0.3) is 0 Å². The average Bonchev–Trinajstić information content (AvgIpc) is 3.06. The molecule has 0 aliphatic heterocycles. The molecule has 27 heavy (non-hydrogen) atoms. The van der Waals surface area contributed by atoms with E-state index in [1.54, 1.807) is 0 Å². The molecule has 0 saturated heterocycles. The number of nitrogens with zero attached hydrogens (tertiary/aromatic N) is 1. The van der Waals surface area contributed by atoms with Crippen LogP contribution in [0.4, 0.5) is 5.00 Å². The average molecular weight is 375 g/mol. The van der Waals surface area contributed by atoms with Gasteiger partial charge in [-0.2, -0.15) is 5.26 Å². The van der Waals surface area contributed by atoms with Gasteiger partial charge in [0, 0.05) is 0 Å². The van der Waals surface area contributed by atoms with E-state index in [-0.39, 0.29) is 11.3 Å². The van der Waals surface area contributed by atoms with Gasteiger partial charge in [-0.3, -0.25) is 4.79 Å². The Bertz CT molecular complexity index is 924. The summed E-state index contributed by atoms with van der Waals surface area (Å²) >= 11 is 1.41. The zero-order valence-corrected chi connectivity index (χ0v) is 16.5. The van der Waals surface area contributed by atoms with Gasteiger partial charge in [0.25, 0.3) is 0 Å². The quantitative estimate of drug-likeness (QED) is 0.638. The van der Waals surface area contributed by atoms with Crippen molar-refractivity contribution in [3.05, 3.63) is 88.3 Å². The van der Waals surface area contributed by atoms with Gasteiger partial charge in [0.1, 0.15) is 11.1 Å². The van der Waals surface area contributed by atoms with E-state index in [0.29, 0.717) is 10.6 Å². The molecular formula is C23H22N2OS. The molecule has 0 atom stereocenters. The number of hydrogen-bond donors (Lipinski definition) is 1. The van der Waals surface area contributed by atoms with Gasteiger partial charge in [-0.05, 0) is 27.5 Å². The Hall–Kier alpha value is -2.90. The number of thiophene rings is 1. The Morgan fingerprint density at radius 2 is 1.52 bits per heavy atom. The smallest absolute Gasteiger partial charge is 0.237 e. The molecule has 0 bridgehead atoms. The Morgan fingerprint density at radius 1 is 1.00 bits per heavy atom. The van der Waals surface area contributed by atoms with Crippen molar-refractivity contribution in [1.29, 1.82) is 5.26 Å². The van der Waals surface area contributed by atoms with Crippen LogP contribution in [0.2, 0.25) is 0 Å². The molecule has 3 rings (SSSR count). The minimum Gasteiger partial charge on any atom is -0.316 e. The lowest BCUT2D eigenvalue weighted by atomic mass is 9.86. The minimum atomic E-state index is -0.431. The Kier molecular flexibility index (Phi) is 5.43. The summed E-state index contributed by atoms with van der Waals surface area (Å²) in [6.07, 6.45) is 0. The number of nitriles is 1. The molecule has 4 heteroatoms. The van der Waals surface area contributed by atoms with Crippen LogP contribution in [0, 0.1) is 11.3 Å². The molecule has 1 amide bonds. The number of anilines is 1. The van der Waals surface area contributed by atoms with Crippen LogP contribution >= 0.6 is 11.3 Å². The summed E-state index contributed by atoms with van der Waals surface area (Å²) < 4.78 is 0. The summed E-state index contributed by atoms with van der Waals surface area (Å²) in [6.45, 7) is 6.20. The molecule has 0 radical (unpaired) electrons. The maximum absolute atomic E-state index is 13.2. The van der Waals surface area contributed by atoms with Gasteiger partial charge >= 0.3 is 0 Å². The molecule has 0 aliphatic carbocycles. The summed E-state index contributed by atoms with van der Waals surface area (Å²) in [4.78, 5) is 13.2. The van der Waals surface area contributed by atoms with Gasteiger partial charge < -0.3 is 5.32 Å². The van der Waals surface area contributed by atoms with Gasteiger partial charge in [-0.1, -0.05) is 81.4 Å². The van der Waals surface area contributed by atoms with E-state index in [2.05, 4.69) is 32.2 Å². The molecule has 1 N–H and O–H groups in total. The van der Waals surface area contributed by atoms with Gasteiger partial charge in [-0.25, -0.2) is 0 Å². The fourth-order valence-corrected chi connectivity index (χ4v) is 4.22. The van der Waals surface area contributed by atoms with E-state index in [1.807, 2.05) is 66.0 Å². The van der Waals surface area contributed by atoms with Crippen molar-refractivity contribution in [2.24, 2.45) is 0 Å². The maximum Gasteiger partial charge on any atom is 0.237 e. The van der Waals surface area contributed by atoms with Crippen molar-refractivity contribution in [1.82, 2.24) is 0 Å². The summed E-state index contributed by atoms with van der Waals surface area (Å²) in [5.41, 5.74) is 3.21. The van der Waals surface area contributed by atoms with Gasteiger partial charge in [0.05, 0.1) is 11.5 Å². The minimum absolute atomic E-state index is 0.133. The molecule has 1 heterocycles. The van der Waals surface area contributed by atoms with Gasteiger partial charge in [0.15, 0.2) is 0 Å². The van der Waals surface area contributed by atoms with E-state index >= 15 is 0 Å². The zero-order chi connectivity index (χ0) is 19.4. The first-order valence-corrected chi connectivity index (χ1v) is 9.72. The standard InChI is InChI=1S/C23H22N2OS/c1-23(2,3)19-15-27-22(18(19)14-24)25-21(26)20(16-10-6-4-7-11-16)17-12-8-5-9-13-17/h4-13,15,20H,1-3H3,(H,25,26). The number of benzene rings is 2. The third-order valence-electron chi connectivity index (χ3n) is 4.48. The highest BCUT2D eigenvalue weighted by molar-refractivity contribution is 7.14. The molecule has 3 nitrogen and oxygen atoms in total. The fraction of sp³-hybridized carbons (Fsp3) is 0.217. The third kappa shape index (κ3) is 4.10. The second-order valence-electron chi connectivity index (χ2n) is 7.46. The van der Waals surface area contributed by atoms with Gasteiger partial charge in [-0.15, -0.1) is 11.3 Å². The number of carbonyl (C=O) groups is 1. The highest BCUT2D eigenvalue weighted by atomic mass is 32.1. The molecule has 0 saturated carbocycles. The van der Waals surface area contributed by atoms with Crippen LogP contribution < -0.4 is 5.32 Å². The lowest BCUT2D eigenvalue weighted by Gasteiger charge is -2.19. The largest absolute Gasteiger partial charge is 0.316 e. The van der Waals surface area contributed by atoms with E-state index in [0.717, 1.165) is 16.7 Å². The third-order valence-corrected chi connectivity index (χ3v) is 5.37. The number of rotatable bonds is 4. The first-order valence-electron chi connectivity index (χ1n) is 8.84. The Morgan fingerprint density at radius 3 is 1.96 bits per heavy atom. The summed E-state index contributed by atoms with van der Waals surface area (Å²) in [7, 11) is 0. The lowest BCUT2D eigenvalue weighted by molar-refractivity contribution is -0.116. The second-order valence-corrected chi connectivity index (χ2v) is 8.34. The van der Waals surface area contributed by atoms with E-state index < -0.39 is 5.92 Å². The summed E-state index contributed by atoms with van der Waals surface area (Å²) in [6, 6.07) is 21.7. The molecular weight excluding hydrogens is 352 g/mol.